The molecule has 2 rings (SSSR count). The molecular weight excluding hydrogens is 530 g/mol. The van der Waals surface area contributed by atoms with Crippen molar-refractivity contribution in [1.82, 2.24) is 10.2 Å². The van der Waals surface area contributed by atoms with E-state index >= 15 is 0 Å². The number of nitrogens with one attached hydrogen (secondary N) is 1. The number of nitrogens with two attached hydrogens (primary N) is 2. The van der Waals surface area contributed by atoms with Gasteiger partial charge >= 0.3 is 0 Å². The molecule has 0 aliphatic rings. The van der Waals surface area contributed by atoms with Gasteiger partial charge in [-0.1, -0.05) is 27.7 Å². The van der Waals surface area contributed by atoms with Crippen molar-refractivity contribution in [1.29, 1.82) is 0 Å². The lowest BCUT2D eigenvalue weighted by Gasteiger charge is -2.31. The third-order valence-electron chi connectivity index (χ3n) is 6.93. The quantitative estimate of drug-likeness (QED) is 0.242. The van der Waals surface area contributed by atoms with Crippen LogP contribution < -0.4 is 16.8 Å². The normalized spacial score (nSPS) is 13.6. The molecule has 0 saturated carbocycles. The summed E-state index contributed by atoms with van der Waals surface area (Å²) in [6.45, 7) is 10.3. The average Bonchev–Trinajstić information content (AvgIpc) is 2.87. The minimum atomic E-state index is -1.30. The number of aryl methyl sites for hydroxylation is 1. The predicted molar refractivity (Wildman–Crippen MR) is 155 cm³/mol. The van der Waals surface area contributed by atoms with Crippen LogP contribution in [0.2, 0.25) is 0 Å². The van der Waals surface area contributed by atoms with Gasteiger partial charge in [0.05, 0.1) is 12.1 Å². The van der Waals surface area contributed by atoms with Crippen LogP contribution in [-0.2, 0) is 11.2 Å². The molecule has 3 atom stereocenters. The Morgan fingerprint density at radius 1 is 0.951 bits per heavy atom. The van der Waals surface area contributed by atoms with E-state index in [0.29, 0.717) is 37.9 Å². The lowest BCUT2D eigenvalue weighted by atomic mass is 9.80. The first-order chi connectivity index (χ1) is 19.3. The number of benzene rings is 2. The molecule has 0 radical (unpaired) electrons. The van der Waals surface area contributed by atoms with Crippen LogP contribution in [0.25, 0.3) is 0 Å². The molecule has 0 aliphatic heterocycles. The number of hydrogen-bond donors (Lipinski definition) is 4. The topological polar surface area (TPSA) is 139 Å². The smallest absolute Gasteiger partial charge is 0.254 e. The first kappa shape index (κ1) is 33.8. The second-order valence-corrected chi connectivity index (χ2v) is 11.1. The molecule has 10 heteroatoms. The number of amides is 3. The summed E-state index contributed by atoms with van der Waals surface area (Å²) in [5, 5.41) is 14.6. The minimum Gasteiger partial charge on any atom is -0.391 e. The Bertz CT molecular complexity index is 1190. The van der Waals surface area contributed by atoms with Crippen molar-refractivity contribution < 1.29 is 28.3 Å². The molecule has 6 N–H and O–H groups in total. The summed E-state index contributed by atoms with van der Waals surface area (Å²) in [4.78, 5) is 40.4. The SMILES string of the molecule is CCCN(CCC)C(=O)c1cc(C)cc(C(N)=O)c1[C@H](Cc1cc(F)cc(F)c1)[C@@H](O)CN[C@@H](CC(C)C)C(N)=O. The van der Waals surface area contributed by atoms with E-state index in [9.17, 15) is 28.3 Å². The monoisotopic (exact) mass is 574 g/mol. The number of aliphatic hydroxyl groups is 1. The molecule has 2 aromatic rings. The molecule has 0 fully saturated rings. The first-order valence-corrected chi connectivity index (χ1v) is 14.2. The fourth-order valence-electron chi connectivity index (χ4n) is 5.19. The van der Waals surface area contributed by atoms with E-state index in [4.69, 9.17) is 11.5 Å². The predicted octanol–water partition coefficient (Wildman–Crippen LogP) is 3.81. The number of nitrogens with zero attached hydrogens (tertiary/aromatic N) is 1. The van der Waals surface area contributed by atoms with E-state index in [-0.39, 0.29) is 47.0 Å². The lowest BCUT2D eigenvalue weighted by molar-refractivity contribution is -0.120. The van der Waals surface area contributed by atoms with Gasteiger partial charge in [0.25, 0.3) is 5.91 Å². The van der Waals surface area contributed by atoms with Gasteiger partial charge in [0.1, 0.15) is 11.6 Å². The highest BCUT2D eigenvalue weighted by Gasteiger charge is 2.33. The second kappa shape index (κ2) is 15.6. The van der Waals surface area contributed by atoms with Gasteiger partial charge in [-0.2, -0.15) is 0 Å². The van der Waals surface area contributed by atoms with Crippen LogP contribution in [0, 0.1) is 24.5 Å². The van der Waals surface area contributed by atoms with Crippen LogP contribution >= 0.6 is 0 Å². The van der Waals surface area contributed by atoms with E-state index in [1.165, 1.54) is 0 Å². The van der Waals surface area contributed by atoms with Gasteiger partial charge in [-0.25, -0.2) is 8.78 Å². The Balaban J connectivity index is 2.73. The number of hydrogen-bond acceptors (Lipinski definition) is 5. The Kier molecular flexibility index (Phi) is 12.9. The third kappa shape index (κ3) is 9.60. The van der Waals surface area contributed by atoms with Crippen molar-refractivity contribution in [3.8, 4) is 0 Å². The van der Waals surface area contributed by atoms with Crippen molar-refractivity contribution in [3.05, 3.63) is 69.8 Å². The molecule has 0 saturated heterocycles. The molecule has 2 aromatic carbocycles. The molecular formula is C31H44F2N4O4. The van der Waals surface area contributed by atoms with Crippen LogP contribution in [0.15, 0.2) is 30.3 Å². The molecule has 0 bridgehead atoms. The highest BCUT2D eigenvalue weighted by Crippen LogP contribution is 2.33. The Hall–Kier alpha value is -3.37. The highest BCUT2D eigenvalue weighted by atomic mass is 19.1. The molecule has 0 aliphatic carbocycles. The number of aliphatic hydroxyl groups excluding tert-OH is 1. The van der Waals surface area contributed by atoms with Gasteiger partial charge in [0, 0.05) is 42.7 Å². The molecule has 0 spiro atoms. The van der Waals surface area contributed by atoms with E-state index in [0.717, 1.165) is 18.2 Å². The molecule has 3 amide bonds. The molecule has 226 valence electrons. The standard InChI is InChI=1S/C31H44F2N4O4/c1-6-8-37(9-7-2)31(41)25-12-19(5)11-24(29(34)39)28(25)23(15-20-13-21(32)16-22(33)14-20)27(38)17-36-26(30(35)40)10-18(3)4/h11-14,16,18,23,26-27,36,38H,6-10,15,17H2,1-5H3,(H2,34,39)(H2,35,40)/t23-,26+,27+/m1/s1. The maximum atomic E-state index is 14.2. The zero-order valence-electron chi connectivity index (χ0n) is 24.7. The first-order valence-electron chi connectivity index (χ1n) is 14.2. The van der Waals surface area contributed by atoms with Crippen LogP contribution in [0.1, 0.15) is 90.3 Å². The van der Waals surface area contributed by atoms with Gasteiger partial charge in [0.2, 0.25) is 11.8 Å². The van der Waals surface area contributed by atoms with Crippen molar-refractivity contribution in [2.45, 2.75) is 78.4 Å². The second-order valence-electron chi connectivity index (χ2n) is 11.1. The highest BCUT2D eigenvalue weighted by molar-refractivity contribution is 6.02. The van der Waals surface area contributed by atoms with Crippen LogP contribution in [-0.4, -0.2) is 59.5 Å². The van der Waals surface area contributed by atoms with Crippen molar-refractivity contribution in [3.63, 3.8) is 0 Å². The van der Waals surface area contributed by atoms with E-state index in [1.54, 1.807) is 24.0 Å². The maximum Gasteiger partial charge on any atom is 0.254 e. The largest absolute Gasteiger partial charge is 0.391 e. The maximum absolute atomic E-state index is 14.2. The summed E-state index contributed by atoms with van der Waals surface area (Å²) >= 11 is 0. The van der Waals surface area contributed by atoms with Crippen LogP contribution in [0.4, 0.5) is 8.78 Å². The minimum absolute atomic E-state index is 0.0378. The van der Waals surface area contributed by atoms with Crippen molar-refractivity contribution in [2.24, 2.45) is 17.4 Å². The van der Waals surface area contributed by atoms with Gasteiger partial charge in [-0.05, 0) is 79.5 Å². The van der Waals surface area contributed by atoms with E-state index in [1.807, 2.05) is 27.7 Å². The van der Waals surface area contributed by atoms with Gasteiger partial charge < -0.3 is 26.8 Å². The molecule has 0 heterocycles. The number of carbonyl (C=O) groups is 3. The van der Waals surface area contributed by atoms with Gasteiger partial charge in [-0.3, -0.25) is 14.4 Å². The summed E-state index contributed by atoms with van der Waals surface area (Å²) in [7, 11) is 0. The van der Waals surface area contributed by atoms with E-state index < -0.39 is 41.5 Å². The Morgan fingerprint density at radius 2 is 1.51 bits per heavy atom. The Morgan fingerprint density at radius 3 is 2.00 bits per heavy atom. The average molecular weight is 575 g/mol. The zero-order valence-corrected chi connectivity index (χ0v) is 24.7. The summed E-state index contributed by atoms with van der Waals surface area (Å²) in [6, 6.07) is 5.47. The van der Waals surface area contributed by atoms with Crippen molar-refractivity contribution >= 4 is 17.7 Å². The molecule has 0 aromatic heterocycles. The third-order valence-corrected chi connectivity index (χ3v) is 6.93. The van der Waals surface area contributed by atoms with Crippen LogP contribution in [0.5, 0.6) is 0 Å². The number of carbonyl (C=O) groups excluding carboxylic acids is 3. The van der Waals surface area contributed by atoms with Gasteiger partial charge in [-0.15, -0.1) is 0 Å². The molecule has 41 heavy (non-hydrogen) atoms. The zero-order chi connectivity index (χ0) is 30.9. The summed E-state index contributed by atoms with van der Waals surface area (Å²) in [5.74, 6) is -4.19. The van der Waals surface area contributed by atoms with E-state index in [2.05, 4.69) is 5.32 Å². The fraction of sp³-hybridized carbons (Fsp3) is 0.516. The van der Waals surface area contributed by atoms with Crippen molar-refractivity contribution in [2.75, 3.05) is 19.6 Å². The molecule has 0 unspecified atom stereocenters. The number of primary amides is 2. The number of rotatable bonds is 16. The Labute approximate surface area is 241 Å². The summed E-state index contributed by atoms with van der Waals surface area (Å²) < 4.78 is 28.4. The van der Waals surface area contributed by atoms with Crippen LogP contribution in [0.3, 0.4) is 0 Å². The fourth-order valence-corrected chi connectivity index (χ4v) is 5.19. The summed E-state index contributed by atoms with van der Waals surface area (Å²) in [5.41, 5.74) is 12.6. The molecule has 8 nitrogen and oxygen atoms in total. The summed E-state index contributed by atoms with van der Waals surface area (Å²) in [6.07, 6.45) is 0.421. The van der Waals surface area contributed by atoms with Gasteiger partial charge in [0.15, 0.2) is 0 Å². The number of halogens is 2. The lowest BCUT2D eigenvalue weighted by Crippen LogP contribution is -2.46.